The van der Waals surface area contributed by atoms with Gasteiger partial charge in [-0.25, -0.2) is 14.2 Å². The Morgan fingerprint density at radius 1 is 1.18 bits per heavy atom. The van der Waals surface area contributed by atoms with E-state index in [4.69, 9.17) is 16.4 Å². The lowest BCUT2D eigenvalue weighted by Crippen LogP contribution is -2.65. The highest BCUT2D eigenvalue weighted by molar-refractivity contribution is 7.16. The van der Waals surface area contributed by atoms with Crippen LogP contribution in [0.4, 0.5) is 19.9 Å². The molecule has 13 heteroatoms. The Balaban J connectivity index is 1.87. The smallest absolute Gasteiger partial charge is 0.324 e. The summed E-state index contributed by atoms with van der Waals surface area (Å²) < 4.78 is 13.4. The number of amides is 5. The van der Waals surface area contributed by atoms with Crippen molar-refractivity contribution in [1.82, 2.24) is 14.9 Å². The maximum atomic E-state index is 13.9. The van der Waals surface area contributed by atoms with Gasteiger partial charge in [-0.2, -0.15) is 0 Å². The number of benzene rings is 1. The number of hydrogen-bond donors (Lipinski definition) is 2. The topological polar surface area (TPSA) is 111 Å². The third kappa shape index (κ3) is 6.68. The molecule has 1 aromatic heterocycles. The number of urea groups is 1. The van der Waals surface area contributed by atoms with Gasteiger partial charge in [0.25, 0.3) is 11.8 Å². The highest BCUT2D eigenvalue weighted by Gasteiger charge is 2.45. The van der Waals surface area contributed by atoms with Gasteiger partial charge in [-0.3, -0.25) is 24.5 Å². The zero-order valence-corrected chi connectivity index (χ0v) is 24.6. The van der Waals surface area contributed by atoms with E-state index in [1.807, 2.05) is 20.8 Å². The summed E-state index contributed by atoms with van der Waals surface area (Å²) in [5.74, 6) is -1.76. The highest BCUT2D eigenvalue weighted by Crippen LogP contribution is 2.38. The molecule has 1 aliphatic heterocycles. The van der Waals surface area contributed by atoms with Gasteiger partial charge < -0.3 is 15.1 Å². The van der Waals surface area contributed by atoms with Crippen LogP contribution in [-0.4, -0.2) is 77.9 Å². The Morgan fingerprint density at radius 2 is 1.85 bits per heavy atom. The lowest BCUT2D eigenvalue weighted by atomic mass is 9.93. The number of hydrogen-bond acceptors (Lipinski definition) is 6. The van der Waals surface area contributed by atoms with E-state index in [9.17, 15) is 23.6 Å². The second kappa shape index (κ2) is 11.5. The van der Waals surface area contributed by atoms with Crippen LogP contribution in [0.2, 0.25) is 5.02 Å². The van der Waals surface area contributed by atoms with Crippen LogP contribution in [0.3, 0.4) is 0 Å². The van der Waals surface area contributed by atoms with Crippen molar-refractivity contribution in [3.8, 4) is 0 Å². The largest absolute Gasteiger partial charge is 0.329 e. The summed E-state index contributed by atoms with van der Waals surface area (Å²) in [7, 11) is 2.81. The number of carbonyl (C=O) groups excluding carboxylic acids is 4. The number of anilines is 2. The molecule has 1 aromatic carbocycles. The van der Waals surface area contributed by atoms with Crippen LogP contribution in [0.25, 0.3) is 0 Å². The maximum absolute atomic E-state index is 13.9. The highest BCUT2D eigenvalue weighted by atomic mass is 35.5. The summed E-state index contributed by atoms with van der Waals surface area (Å²) >= 11 is 7.28. The van der Waals surface area contributed by atoms with Crippen LogP contribution in [0.15, 0.2) is 24.3 Å². The van der Waals surface area contributed by atoms with E-state index in [1.165, 1.54) is 47.4 Å². The summed E-state index contributed by atoms with van der Waals surface area (Å²) in [6, 6.07) is 4.63. The van der Waals surface area contributed by atoms with Gasteiger partial charge in [0, 0.05) is 25.0 Å². The first-order valence-electron chi connectivity index (χ1n) is 12.2. The molecule has 5 amide bonds. The minimum atomic E-state index is -1.26. The van der Waals surface area contributed by atoms with Gasteiger partial charge in [0.2, 0.25) is 5.91 Å². The summed E-state index contributed by atoms with van der Waals surface area (Å²) in [6.07, 6.45) is 0. The number of nitrogens with zero attached hydrogens (tertiary/aromatic N) is 3. The first-order chi connectivity index (χ1) is 18.1. The molecular weight excluding hydrogens is 549 g/mol. The molecule has 1 saturated heterocycles. The zero-order valence-electron chi connectivity index (χ0n) is 23.0. The maximum Gasteiger partial charge on any atom is 0.324 e. The minimum Gasteiger partial charge on any atom is -0.329 e. The molecule has 0 unspecified atom stereocenters. The van der Waals surface area contributed by atoms with Crippen molar-refractivity contribution in [3.63, 3.8) is 0 Å². The number of rotatable bonds is 6. The summed E-state index contributed by atoms with van der Waals surface area (Å²) in [6.45, 7) is 9.34. The molecule has 0 atom stereocenters. The number of hydroxylamine groups is 2. The van der Waals surface area contributed by atoms with Crippen LogP contribution in [0, 0.1) is 5.82 Å². The van der Waals surface area contributed by atoms with Crippen LogP contribution >= 0.6 is 22.9 Å². The fourth-order valence-electron chi connectivity index (χ4n) is 3.98. The predicted molar refractivity (Wildman–Crippen MR) is 149 cm³/mol. The predicted octanol–water partition coefficient (Wildman–Crippen LogP) is 4.56. The molecule has 10 nitrogen and oxygen atoms in total. The third-order valence-electron chi connectivity index (χ3n) is 6.38. The molecule has 0 spiro atoms. The molecule has 2 N–H and O–H groups in total. The van der Waals surface area contributed by atoms with Crippen LogP contribution in [-0.2, 0) is 19.8 Å². The number of nitrogens with one attached hydrogen (secondary N) is 2. The van der Waals surface area contributed by atoms with Gasteiger partial charge in [0.15, 0.2) is 0 Å². The van der Waals surface area contributed by atoms with Gasteiger partial charge in [0.1, 0.15) is 22.9 Å². The molecule has 0 bridgehead atoms. The van der Waals surface area contributed by atoms with Gasteiger partial charge >= 0.3 is 6.03 Å². The first-order valence-corrected chi connectivity index (χ1v) is 13.3. The summed E-state index contributed by atoms with van der Waals surface area (Å²) in [5, 5.41) is 6.64. The molecule has 1 fully saturated rings. The SMILES string of the molecule is CON(C)C(=O)CN1CCN(C(=O)c2cc(C(C)(C)C)sc2NC(=O)Nc2ccc(F)cc2Cl)C(C)(C)C1=O. The van der Waals surface area contributed by atoms with E-state index in [0.717, 1.165) is 16.0 Å². The monoisotopic (exact) mass is 581 g/mol. The Labute approximate surface area is 236 Å². The average molecular weight is 582 g/mol. The van der Waals surface area contributed by atoms with E-state index < -0.39 is 29.2 Å². The van der Waals surface area contributed by atoms with Gasteiger partial charge in [0.05, 0.1) is 23.4 Å². The number of thiophene rings is 1. The quantitative estimate of drug-likeness (QED) is 0.486. The molecule has 0 aliphatic carbocycles. The normalized spacial score (nSPS) is 15.3. The molecule has 3 rings (SSSR count). The fraction of sp³-hybridized carbons (Fsp3) is 0.462. The van der Waals surface area contributed by atoms with Gasteiger partial charge in [-0.05, 0) is 43.5 Å². The van der Waals surface area contributed by atoms with Crippen molar-refractivity contribution >= 4 is 57.4 Å². The number of likely N-dealkylation sites (N-methyl/N-ethyl adjacent to an activating group) is 1. The molecule has 2 heterocycles. The second-order valence-corrected chi connectivity index (χ2v) is 12.1. The van der Waals surface area contributed by atoms with Crippen molar-refractivity contribution < 1.29 is 28.4 Å². The lowest BCUT2D eigenvalue weighted by Gasteiger charge is -2.45. The van der Waals surface area contributed by atoms with Crippen LogP contribution in [0.1, 0.15) is 49.9 Å². The van der Waals surface area contributed by atoms with Gasteiger partial charge in [-0.15, -0.1) is 11.3 Å². The van der Waals surface area contributed by atoms with Crippen molar-refractivity contribution in [1.29, 1.82) is 0 Å². The lowest BCUT2D eigenvalue weighted by molar-refractivity contribution is -0.173. The van der Waals surface area contributed by atoms with Gasteiger partial charge in [-0.1, -0.05) is 32.4 Å². The molecule has 1 aliphatic rings. The van der Waals surface area contributed by atoms with Crippen molar-refractivity contribution in [2.24, 2.45) is 0 Å². The Morgan fingerprint density at radius 3 is 2.44 bits per heavy atom. The second-order valence-electron chi connectivity index (χ2n) is 10.6. The van der Waals surface area contributed by atoms with Crippen LogP contribution in [0.5, 0.6) is 0 Å². The average Bonchev–Trinajstić information content (AvgIpc) is 3.27. The molecule has 2 aromatic rings. The number of piperazine rings is 1. The Kier molecular flexibility index (Phi) is 8.93. The van der Waals surface area contributed by atoms with E-state index in [1.54, 1.807) is 19.9 Å². The molecular formula is C26H33ClFN5O5S. The minimum absolute atomic E-state index is 0.0244. The fourth-order valence-corrected chi connectivity index (χ4v) is 5.30. The molecule has 0 saturated carbocycles. The Hall–Kier alpha value is -3.22. The van der Waals surface area contributed by atoms with E-state index in [0.29, 0.717) is 5.00 Å². The Bertz CT molecular complexity index is 1290. The molecule has 0 radical (unpaired) electrons. The summed E-state index contributed by atoms with van der Waals surface area (Å²) in [5.41, 5.74) is -1.15. The van der Waals surface area contributed by atoms with E-state index >= 15 is 0 Å². The van der Waals surface area contributed by atoms with E-state index in [2.05, 4.69) is 10.6 Å². The van der Waals surface area contributed by atoms with Crippen molar-refractivity contribution in [2.45, 2.75) is 45.6 Å². The first kappa shape index (κ1) is 30.3. The number of halogens is 2. The molecule has 212 valence electrons. The zero-order chi connectivity index (χ0) is 29.3. The van der Waals surface area contributed by atoms with E-state index in [-0.39, 0.29) is 47.2 Å². The van der Waals surface area contributed by atoms with Crippen LogP contribution < -0.4 is 10.6 Å². The number of carbonyl (C=O) groups is 4. The van der Waals surface area contributed by atoms with Crippen molar-refractivity contribution in [2.75, 3.05) is 44.4 Å². The molecule has 39 heavy (non-hydrogen) atoms. The van der Waals surface area contributed by atoms with Crippen molar-refractivity contribution in [3.05, 3.63) is 45.5 Å². The summed E-state index contributed by atoms with van der Waals surface area (Å²) in [4.78, 5) is 60.9. The third-order valence-corrected chi connectivity index (χ3v) is 8.17. The standard InChI is InChI=1S/C26H33ClFN5O5S/c1-25(2,3)19-13-16(21(39-19)30-24(37)29-18-9-8-15(28)12-17(18)27)22(35)33-11-10-32(23(36)26(33,4)5)14-20(34)31(6)38-7/h8-9,12-13H,10-11,14H2,1-7H3,(H2,29,30,37).